The fourth-order valence-corrected chi connectivity index (χ4v) is 4.44. The average molecular weight is 427 g/mol. The molecule has 2 aromatic heterocycles. The summed E-state index contributed by atoms with van der Waals surface area (Å²) < 4.78 is 31.8. The maximum atomic E-state index is 12.6. The highest BCUT2D eigenvalue weighted by Crippen LogP contribution is 2.29. The largest absolute Gasteiger partial charge is 0.370 e. The lowest BCUT2D eigenvalue weighted by Gasteiger charge is -2.35. The molecule has 0 radical (unpaired) electrons. The molecule has 3 heterocycles. The molecule has 0 aliphatic carbocycles. The quantitative estimate of drug-likeness (QED) is 0.612. The molecular weight excluding hydrogens is 406 g/mol. The first kappa shape index (κ1) is 20.2. The Morgan fingerprint density at radius 3 is 2.70 bits per heavy atom. The first-order chi connectivity index (χ1) is 14.3. The highest BCUT2D eigenvalue weighted by atomic mass is 32.2. The Balaban J connectivity index is 1.72. The van der Waals surface area contributed by atoms with Crippen LogP contribution in [0.1, 0.15) is 11.7 Å². The summed E-state index contributed by atoms with van der Waals surface area (Å²) in [4.78, 5) is 27.5. The van der Waals surface area contributed by atoms with Crippen LogP contribution in [0, 0.1) is 0 Å². The number of benzene rings is 1. The van der Waals surface area contributed by atoms with E-state index < -0.39 is 15.9 Å². The van der Waals surface area contributed by atoms with E-state index in [1.54, 1.807) is 43.6 Å². The summed E-state index contributed by atoms with van der Waals surface area (Å²) in [6.45, 7) is 1.25. The van der Waals surface area contributed by atoms with Gasteiger partial charge in [-0.05, 0) is 12.1 Å². The van der Waals surface area contributed by atoms with Gasteiger partial charge in [0.1, 0.15) is 12.4 Å². The van der Waals surface area contributed by atoms with E-state index >= 15 is 0 Å². The zero-order valence-electron chi connectivity index (χ0n) is 16.6. The fourth-order valence-electron chi connectivity index (χ4n) is 3.49. The maximum Gasteiger partial charge on any atom is 0.255 e. The van der Waals surface area contributed by atoms with Gasteiger partial charge in [0.25, 0.3) is 5.56 Å². The van der Waals surface area contributed by atoms with Crippen LogP contribution < -0.4 is 10.5 Å². The van der Waals surface area contributed by atoms with Crippen LogP contribution in [0.2, 0.25) is 0 Å². The second-order valence-corrected chi connectivity index (χ2v) is 9.03. The molecule has 9 nitrogen and oxygen atoms in total. The number of hydrogen-bond donors (Lipinski definition) is 0. The van der Waals surface area contributed by atoms with Crippen molar-refractivity contribution in [2.45, 2.75) is 11.0 Å². The molecule has 1 saturated heterocycles. The molecule has 3 aromatic rings. The van der Waals surface area contributed by atoms with Gasteiger partial charge in [0.15, 0.2) is 9.84 Å². The first-order valence-corrected chi connectivity index (χ1v) is 11.2. The lowest BCUT2D eigenvalue weighted by Crippen LogP contribution is -2.42. The number of aromatic nitrogens is 4. The smallest absolute Gasteiger partial charge is 0.255 e. The predicted molar refractivity (Wildman–Crippen MR) is 111 cm³/mol. The summed E-state index contributed by atoms with van der Waals surface area (Å²) in [7, 11) is -1.75. The van der Waals surface area contributed by atoms with Crippen molar-refractivity contribution in [3.63, 3.8) is 0 Å². The normalized spacial score (nSPS) is 17.1. The van der Waals surface area contributed by atoms with E-state index in [0.717, 1.165) is 0 Å². The lowest BCUT2D eigenvalue weighted by molar-refractivity contribution is 0.0372. The highest BCUT2D eigenvalue weighted by Gasteiger charge is 2.28. The Labute approximate surface area is 173 Å². The van der Waals surface area contributed by atoms with Crippen LogP contribution in [0.3, 0.4) is 0 Å². The van der Waals surface area contributed by atoms with Crippen molar-refractivity contribution in [1.82, 2.24) is 19.5 Å². The van der Waals surface area contributed by atoms with Crippen molar-refractivity contribution < 1.29 is 13.2 Å². The van der Waals surface area contributed by atoms with Crippen molar-refractivity contribution in [3.8, 4) is 11.4 Å². The lowest BCUT2D eigenvalue weighted by atomic mass is 10.1. The van der Waals surface area contributed by atoms with Gasteiger partial charge in [-0.1, -0.05) is 18.2 Å². The third kappa shape index (κ3) is 3.96. The SMILES string of the molecule is Cn1c(N2CCOC(c3ccccc3S(C)(=O)=O)C2)nc(-c2ccncn2)cc1=O. The summed E-state index contributed by atoms with van der Waals surface area (Å²) >= 11 is 0. The van der Waals surface area contributed by atoms with Crippen LogP contribution in [0.25, 0.3) is 11.4 Å². The number of morpholine rings is 1. The zero-order chi connectivity index (χ0) is 21.3. The van der Waals surface area contributed by atoms with Gasteiger partial charge in [-0.3, -0.25) is 9.36 Å². The molecule has 30 heavy (non-hydrogen) atoms. The molecule has 156 valence electrons. The van der Waals surface area contributed by atoms with E-state index in [2.05, 4.69) is 15.0 Å². The fraction of sp³-hybridized carbons (Fsp3) is 0.300. The second-order valence-electron chi connectivity index (χ2n) is 7.05. The van der Waals surface area contributed by atoms with E-state index in [-0.39, 0.29) is 10.5 Å². The van der Waals surface area contributed by atoms with Crippen molar-refractivity contribution in [3.05, 3.63) is 64.8 Å². The summed E-state index contributed by atoms with van der Waals surface area (Å²) in [5.41, 5.74) is 1.39. The highest BCUT2D eigenvalue weighted by molar-refractivity contribution is 7.90. The number of anilines is 1. The third-order valence-corrected chi connectivity index (χ3v) is 6.14. The standard InChI is InChI=1S/C20H21N5O4S/c1-24-19(26)11-16(15-7-8-21-13-22-15)23-20(24)25-9-10-29-17(12-25)14-5-3-4-6-18(14)30(2,27)28/h3-8,11,13,17H,9-10,12H2,1-2H3. The van der Waals surface area contributed by atoms with Crippen LogP contribution >= 0.6 is 0 Å². The molecule has 10 heteroatoms. The molecular formula is C20H21N5O4S. The summed E-state index contributed by atoms with van der Waals surface area (Å²) in [5.74, 6) is 0.473. The van der Waals surface area contributed by atoms with Gasteiger partial charge in [0.05, 0.1) is 29.4 Å². The minimum Gasteiger partial charge on any atom is -0.370 e. The number of sulfone groups is 1. The van der Waals surface area contributed by atoms with Crippen LogP contribution in [0.15, 0.2) is 58.6 Å². The van der Waals surface area contributed by atoms with Crippen molar-refractivity contribution in [2.24, 2.45) is 7.05 Å². The topological polar surface area (TPSA) is 107 Å². The van der Waals surface area contributed by atoms with E-state index in [4.69, 9.17) is 4.74 Å². The Kier molecular flexibility index (Phi) is 5.35. The predicted octanol–water partition coefficient (Wildman–Crippen LogP) is 1.22. The van der Waals surface area contributed by atoms with Crippen LogP contribution in [-0.4, -0.2) is 53.9 Å². The monoisotopic (exact) mass is 427 g/mol. The van der Waals surface area contributed by atoms with E-state index in [1.807, 2.05) is 4.90 Å². The van der Waals surface area contributed by atoms with E-state index in [1.165, 1.54) is 23.2 Å². The van der Waals surface area contributed by atoms with Gasteiger partial charge in [-0.25, -0.2) is 23.4 Å². The van der Waals surface area contributed by atoms with Gasteiger partial charge in [-0.15, -0.1) is 0 Å². The Morgan fingerprint density at radius 2 is 1.97 bits per heavy atom. The van der Waals surface area contributed by atoms with E-state index in [9.17, 15) is 13.2 Å². The van der Waals surface area contributed by atoms with Crippen LogP contribution in [-0.2, 0) is 21.6 Å². The molecule has 1 atom stereocenters. The van der Waals surface area contributed by atoms with Crippen molar-refractivity contribution >= 4 is 15.8 Å². The Bertz CT molecular complexity index is 1230. The molecule has 1 unspecified atom stereocenters. The van der Waals surface area contributed by atoms with Gasteiger partial charge < -0.3 is 9.64 Å². The molecule has 1 aliphatic heterocycles. The third-order valence-electron chi connectivity index (χ3n) is 4.97. The molecule has 0 saturated carbocycles. The molecule has 1 aromatic carbocycles. The molecule has 4 rings (SSSR count). The molecule has 0 spiro atoms. The van der Waals surface area contributed by atoms with E-state index in [0.29, 0.717) is 42.6 Å². The minimum atomic E-state index is -3.41. The Hall–Kier alpha value is -3.11. The number of nitrogens with zero attached hydrogens (tertiary/aromatic N) is 5. The van der Waals surface area contributed by atoms with Crippen LogP contribution in [0.4, 0.5) is 5.95 Å². The average Bonchev–Trinajstić information content (AvgIpc) is 2.75. The maximum absolute atomic E-state index is 12.6. The zero-order valence-corrected chi connectivity index (χ0v) is 17.4. The summed E-state index contributed by atoms with van der Waals surface area (Å²) in [6.07, 6.45) is 3.71. The number of hydrogen-bond acceptors (Lipinski definition) is 8. The van der Waals surface area contributed by atoms with Crippen molar-refractivity contribution in [1.29, 1.82) is 0 Å². The molecule has 1 aliphatic rings. The van der Waals surface area contributed by atoms with Gasteiger partial charge in [-0.2, -0.15) is 0 Å². The summed E-state index contributed by atoms with van der Waals surface area (Å²) in [6, 6.07) is 9.94. The van der Waals surface area contributed by atoms with Gasteiger partial charge in [0.2, 0.25) is 5.95 Å². The second kappa shape index (κ2) is 7.96. The first-order valence-electron chi connectivity index (χ1n) is 9.34. The Morgan fingerprint density at radius 1 is 1.17 bits per heavy atom. The molecule has 0 N–H and O–H groups in total. The number of ether oxygens (including phenoxy) is 1. The molecule has 0 amide bonds. The molecule has 0 bridgehead atoms. The van der Waals surface area contributed by atoms with Gasteiger partial charge in [0, 0.05) is 37.7 Å². The minimum absolute atomic E-state index is 0.215. The van der Waals surface area contributed by atoms with Crippen LogP contribution in [0.5, 0.6) is 0 Å². The summed E-state index contributed by atoms with van der Waals surface area (Å²) in [5, 5.41) is 0. The van der Waals surface area contributed by atoms with Gasteiger partial charge >= 0.3 is 0 Å². The van der Waals surface area contributed by atoms with Crippen molar-refractivity contribution in [2.75, 3.05) is 30.9 Å². The number of rotatable bonds is 4. The molecule has 1 fully saturated rings.